The second kappa shape index (κ2) is 10.7. The summed E-state index contributed by atoms with van der Waals surface area (Å²) < 4.78 is 3.73. The van der Waals surface area contributed by atoms with Crippen molar-refractivity contribution in [2.75, 3.05) is 0 Å². The summed E-state index contributed by atoms with van der Waals surface area (Å²) in [7, 11) is 0. The van der Waals surface area contributed by atoms with Gasteiger partial charge in [0.15, 0.2) is 0 Å². The fraction of sp³-hybridized carbons (Fsp3) is 0.400. The van der Waals surface area contributed by atoms with Gasteiger partial charge in [-0.2, -0.15) is 15.3 Å². The van der Waals surface area contributed by atoms with Gasteiger partial charge in [-0.25, -0.2) is 4.52 Å². The van der Waals surface area contributed by atoms with Crippen molar-refractivity contribution in [3.8, 4) is 17.2 Å². The maximum atomic E-state index is 14.1. The molecule has 37 heavy (non-hydrogen) atoms. The van der Waals surface area contributed by atoms with Crippen LogP contribution in [0.5, 0.6) is 0 Å². The van der Waals surface area contributed by atoms with Crippen LogP contribution in [0.15, 0.2) is 53.3 Å². The van der Waals surface area contributed by atoms with Gasteiger partial charge in [-0.15, -0.1) is 0 Å². The molecule has 0 unspecified atom stereocenters. The quantitative estimate of drug-likeness (QED) is 0.383. The van der Waals surface area contributed by atoms with E-state index in [-0.39, 0.29) is 17.7 Å². The van der Waals surface area contributed by atoms with E-state index in [4.69, 9.17) is 5.10 Å². The summed E-state index contributed by atoms with van der Waals surface area (Å²) in [5.74, 6) is 1.27. The van der Waals surface area contributed by atoms with E-state index in [0.29, 0.717) is 36.4 Å². The zero-order valence-corrected chi connectivity index (χ0v) is 21.5. The van der Waals surface area contributed by atoms with Gasteiger partial charge in [0.05, 0.1) is 23.4 Å². The van der Waals surface area contributed by atoms with Crippen LogP contribution in [0.1, 0.15) is 79.7 Å². The molecular formula is C30H33N5O2. The number of nitriles is 1. The maximum Gasteiger partial charge on any atom is 0.259 e. The minimum atomic E-state index is -0.296. The molecule has 0 bridgehead atoms. The molecule has 0 aliphatic heterocycles. The lowest BCUT2D eigenvalue weighted by Crippen LogP contribution is -2.34. The first-order valence-electron chi connectivity index (χ1n) is 13.3. The molecule has 0 atom stereocenters. The Labute approximate surface area is 217 Å². The number of benzene rings is 2. The highest BCUT2D eigenvalue weighted by Gasteiger charge is 2.27. The molecule has 4 aromatic rings. The topological polar surface area (TPSA) is 96.2 Å². The van der Waals surface area contributed by atoms with Crippen molar-refractivity contribution in [2.24, 2.45) is 0 Å². The van der Waals surface area contributed by atoms with Crippen molar-refractivity contribution in [1.29, 1.82) is 5.26 Å². The van der Waals surface area contributed by atoms with E-state index in [2.05, 4.69) is 18.0 Å². The summed E-state index contributed by atoms with van der Waals surface area (Å²) in [5, 5.41) is 24.3. The Hall–Kier alpha value is -3.76. The normalized spacial score (nSPS) is 17.7. The molecule has 0 spiro atoms. The third-order valence-corrected chi connectivity index (χ3v) is 7.48. The monoisotopic (exact) mass is 495 g/mol. The van der Waals surface area contributed by atoms with Gasteiger partial charge in [0, 0.05) is 18.0 Å². The van der Waals surface area contributed by atoms with Gasteiger partial charge in [-0.05, 0) is 68.2 Å². The van der Waals surface area contributed by atoms with E-state index >= 15 is 0 Å². The first kappa shape index (κ1) is 24.9. The number of nitrogens with zero attached hydrogens (tertiary/aromatic N) is 5. The number of rotatable bonds is 7. The fourth-order valence-corrected chi connectivity index (χ4v) is 5.49. The standard InChI is InChI=1S/C30H33N5O2/c1-3-4-9-28-27(18-21-10-12-22(13-11-21)26-8-6-5-7-23(26)19-31)29(37)34(24-14-16-25(36)17-15-24)30-32-20(2)33-35(28)30/h5-8,10-13,24-25,36H,3-4,9,14-18H2,1-2H3. The van der Waals surface area contributed by atoms with Gasteiger partial charge in [-0.3, -0.25) is 9.36 Å². The van der Waals surface area contributed by atoms with E-state index < -0.39 is 0 Å². The van der Waals surface area contributed by atoms with Crippen molar-refractivity contribution < 1.29 is 5.11 Å². The van der Waals surface area contributed by atoms with Crippen LogP contribution in [-0.2, 0) is 12.8 Å². The predicted molar refractivity (Wildman–Crippen MR) is 144 cm³/mol. The summed E-state index contributed by atoms with van der Waals surface area (Å²) in [4.78, 5) is 18.8. The summed E-state index contributed by atoms with van der Waals surface area (Å²) in [6.07, 6.45) is 5.84. The number of aliphatic hydroxyl groups excluding tert-OH is 1. The third kappa shape index (κ3) is 4.94. The van der Waals surface area contributed by atoms with E-state index in [9.17, 15) is 15.2 Å². The zero-order valence-electron chi connectivity index (χ0n) is 21.5. The van der Waals surface area contributed by atoms with Crippen LogP contribution in [0.3, 0.4) is 0 Å². The van der Waals surface area contributed by atoms with Gasteiger partial charge in [-0.1, -0.05) is 55.8 Å². The SMILES string of the molecule is CCCCc1c(Cc2ccc(-c3ccccc3C#N)cc2)c(=O)n(C2CCC(O)CC2)c2nc(C)nn12. The van der Waals surface area contributed by atoms with Crippen molar-refractivity contribution in [3.63, 3.8) is 0 Å². The largest absolute Gasteiger partial charge is 0.393 e. The number of hydrogen-bond acceptors (Lipinski definition) is 5. The van der Waals surface area contributed by atoms with Crippen molar-refractivity contribution in [1.82, 2.24) is 19.2 Å². The lowest BCUT2D eigenvalue weighted by atomic mass is 9.92. The van der Waals surface area contributed by atoms with Crippen LogP contribution in [0.2, 0.25) is 0 Å². The molecule has 190 valence electrons. The maximum absolute atomic E-state index is 14.1. The highest BCUT2D eigenvalue weighted by Crippen LogP contribution is 2.30. The molecule has 1 saturated carbocycles. The smallest absolute Gasteiger partial charge is 0.259 e. The summed E-state index contributed by atoms with van der Waals surface area (Å²) in [5.41, 5.74) is 5.27. The minimum Gasteiger partial charge on any atom is -0.393 e. The molecule has 2 heterocycles. The minimum absolute atomic E-state index is 0.00540. The Morgan fingerprint density at radius 1 is 1.08 bits per heavy atom. The average molecular weight is 496 g/mol. The van der Waals surface area contributed by atoms with E-state index in [1.54, 1.807) is 0 Å². The lowest BCUT2D eigenvalue weighted by molar-refractivity contribution is 0.110. The lowest BCUT2D eigenvalue weighted by Gasteiger charge is -2.28. The molecule has 1 aliphatic carbocycles. The Kier molecular flexibility index (Phi) is 7.20. The van der Waals surface area contributed by atoms with Crippen LogP contribution in [0.4, 0.5) is 0 Å². The third-order valence-electron chi connectivity index (χ3n) is 7.48. The Bertz CT molecular complexity index is 1500. The summed E-state index contributed by atoms with van der Waals surface area (Å²) >= 11 is 0. The molecule has 1 N–H and O–H groups in total. The highest BCUT2D eigenvalue weighted by atomic mass is 16.3. The summed E-state index contributed by atoms with van der Waals surface area (Å²) in [6.45, 7) is 4.02. The molecule has 2 aromatic carbocycles. The molecule has 1 aliphatic rings. The van der Waals surface area contributed by atoms with Gasteiger partial charge < -0.3 is 5.11 Å². The Balaban J connectivity index is 1.59. The molecular weight excluding hydrogens is 462 g/mol. The molecule has 0 amide bonds. The first-order valence-corrected chi connectivity index (χ1v) is 13.3. The van der Waals surface area contributed by atoms with Crippen molar-refractivity contribution in [3.05, 3.63) is 87.1 Å². The van der Waals surface area contributed by atoms with Crippen LogP contribution in [0, 0.1) is 18.3 Å². The average Bonchev–Trinajstić information content (AvgIpc) is 3.30. The fourth-order valence-electron chi connectivity index (χ4n) is 5.49. The van der Waals surface area contributed by atoms with Crippen molar-refractivity contribution in [2.45, 2.75) is 77.4 Å². The molecule has 1 fully saturated rings. The first-order chi connectivity index (χ1) is 18.0. The van der Waals surface area contributed by atoms with E-state index in [1.807, 2.05) is 64.5 Å². The van der Waals surface area contributed by atoms with E-state index in [0.717, 1.165) is 60.1 Å². The van der Waals surface area contributed by atoms with Gasteiger partial charge >= 0.3 is 0 Å². The second-order valence-corrected chi connectivity index (χ2v) is 10.1. The number of aliphatic hydroxyl groups is 1. The number of fused-ring (bicyclic) bond motifs is 1. The molecule has 7 heteroatoms. The molecule has 2 aromatic heterocycles. The van der Waals surface area contributed by atoms with Crippen LogP contribution in [-0.4, -0.2) is 30.4 Å². The van der Waals surface area contributed by atoms with Crippen LogP contribution in [0.25, 0.3) is 16.9 Å². The Morgan fingerprint density at radius 2 is 1.81 bits per heavy atom. The number of unbranched alkanes of at least 4 members (excludes halogenated alkanes) is 1. The Morgan fingerprint density at radius 3 is 2.51 bits per heavy atom. The van der Waals surface area contributed by atoms with Gasteiger partial charge in [0.1, 0.15) is 5.82 Å². The van der Waals surface area contributed by atoms with Crippen LogP contribution < -0.4 is 5.56 Å². The second-order valence-electron chi connectivity index (χ2n) is 10.1. The number of aromatic nitrogens is 4. The molecule has 5 rings (SSSR count). The van der Waals surface area contributed by atoms with Crippen molar-refractivity contribution >= 4 is 5.78 Å². The number of aryl methyl sites for hydroxylation is 2. The number of hydrogen-bond donors (Lipinski definition) is 1. The van der Waals surface area contributed by atoms with Gasteiger partial charge in [0.25, 0.3) is 5.56 Å². The zero-order chi connectivity index (χ0) is 25.9. The van der Waals surface area contributed by atoms with Crippen LogP contribution >= 0.6 is 0 Å². The molecule has 7 nitrogen and oxygen atoms in total. The predicted octanol–water partition coefficient (Wildman–Crippen LogP) is 5.15. The molecule has 0 radical (unpaired) electrons. The highest BCUT2D eigenvalue weighted by molar-refractivity contribution is 5.70. The molecule has 0 saturated heterocycles. The van der Waals surface area contributed by atoms with E-state index in [1.165, 1.54) is 0 Å². The van der Waals surface area contributed by atoms with Gasteiger partial charge in [0.2, 0.25) is 5.78 Å². The summed E-state index contributed by atoms with van der Waals surface area (Å²) in [6, 6.07) is 18.0.